The van der Waals surface area contributed by atoms with Crippen LogP contribution in [0.15, 0.2) is 12.3 Å². The molecule has 2 aromatic rings. The predicted octanol–water partition coefficient (Wildman–Crippen LogP) is 1.28. The van der Waals surface area contributed by atoms with Crippen LogP contribution in [0, 0.1) is 6.07 Å². The number of carbonyl (C=O) groups excluding carboxylic acids is 1. The van der Waals surface area contributed by atoms with E-state index in [1.807, 2.05) is 0 Å². The molecule has 1 aliphatic carbocycles. The van der Waals surface area contributed by atoms with Crippen LogP contribution in [0.5, 0.6) is 0 Å². The molecule has 1 saturated carbocycles. The molecule has 6 nitrogen and oxygen atoms in total. The molecule has 2 aromatic heterocycles. The fourth-order valence-electron chi connectivity index (χ4n) is 2.30. The standard InChI is InChI=1S/C14H15F2N4O2.Cm/c1-13(2,22)10-5-11-17-4-3-9(20(11)19-10)12(21)18-8-6-14(15,16)7-8;/h3-4,8,22H,6-7H2,1-2H3,(H,18,21);/q-1;. The number of aromatic nitrogens is 3. The molecule has 0 spiro atoms. The third-order valence-corrected chi connectivity index (χ3v) is 3.53. The zero-order valence-corrected chi connectivity index (χ0v) is 15.4. The summed E-state index contributed by atoms with van der Waals surface area (Å²) in [6, 6.07) is 3.71. The SMILES string of the molecule is CC(C)(O)c1[c-]c2nccc(C(=O)NC3CC(F)(F)C3)n2n1.[Cm]. The van der Waals surface area contributed by atoms with Crippen LogP contribution in [0.4, 0.5) is 8.78 Å². The molecular weight excluding hydrogens is 541 g/mol. The van der Waals surface area contributed by atoms with E-state index in [4.69, 9.17) is 0 Å². The monoisotopic (exact) mass is 552 g/mol. The average Bonchev–Trinajstić information content (AvgIpc) is 2.79. The number of halogens is 2. The van der Waals surface area contributed by atoms with Crippen LogP contribution in [0.1, 0.15) is 42.9 Å². The second-order valence-corrected chi connectivity index (χ2v) is 6.03. The van der Waals surface area contributed by atoms with Gasteiger partial charge in [0.15, 0.2) is 0 Å². The Balaban J connectivity index is 0.00000192. The van der Waals surface area contributed by atoms with Gasteiger partial charge in [-0.2, -0.15) is 0 Å². The van der Waals surface area contributed by atoms with Gasteiger partial charge in [-0.1, -0.05) is 5.69 Å². The van der Waals surface area contributed by atoms with Crippen LogP contribution < -0.4 is 5.32 Å². The second kappa shape index (κ2) is 4.98. The van der Waals surface area contributed by atoms with E-state index in [-0.39, 0.29) is 29.9 Å². The number of alkyl halides is 2. The van der Waals surface area contributed by atoms with E-state index in [0.717, 1.165) is 0 Å². The Morgan fingerprint density at radius 1 is 1.52 bits per heavy atom. The number of fused-ring (bicyclic) bond motifs is 1. The third-order valence-electron chi connectivity index (χ3n) is 3.53. The molecule has 126 valence electrons. The summed E-state index contributed by atoms with van der Waals surface area (Å²) in [4.78, 5) is 16.2. The van der Waals surface area contributed by atoms with Crippen LogP contribution in [-0.2, 0) is 5.60 Å². The number of nitrogens with one attached hydrogen (secondary N) is 1. The average molecular weight is 556 g/mol. The summed E-state index contributed by atoms with van der Waals surface area (Å²) < 4.78 is 26.9. The van der Waals surface area contributed by atoms with Gasteiger partial charge in [-0.3, -0.25) is 9.78 Å². The summed E-state index contributed by atoms with van der Waals surface area (Å²) in [7, 11) is 0. The Hall–Kier alpha value is -3.09. The summed E-state index contributed by atoms with van der Waals surface area (Å²) in [6.45, 7) is 3.09. The van der Waals surface area contributed by atoms with Crippen molar-refractivity contribution in [2.45, 2.75) is 44.3 Å². The van der Waals surface area contributed by atoms with Crippen molar-refractivity contribution in [2.75, 3.05) is 0 Å². The Bertz CT molecular complexity index is 734. The molecule has 23 heavy (non-hydrogen) atoms. The first-order chi connectivity index (χ1) is 10.2. The summed E-state index contributed by atoms with van der Waals surface area (Å²) >= 11 is 0. The van der Waals surface area contributed by atoms with Crippen molar-refractivity contribution < 1.29 is 18.7 Å². The zero-order chi connectivity index (χ0) is 16.1. The van der Waals surface area contributed by atoms with Gasteiger partial charge in [-0.25, -0.2) is 18.4 Å². The van der Waals surface area contributed by atoms with E-state index in [2.05, 4.69) is 21.5 Å². The molecular formula is C14H15CmF2N4O2-. The molecule has 0 radical (unpaired) electrons. The second-order valence-electron chi connectivity index (χ2n) is 6.03. The summed E-state index contributed by atoms with van der Waals surface area (Å²) in [5.74, 6) is -3.20. The first kappa shape index (κ1) is 16.3. The van der Waals surface area contributed by atoms with Gasteiger partial charge in [-0.15, -0.1) is 0 Å². The van der Waals surface area contributed by atoms with E-state index >= 15 is 0 Å². The number of hydrogen-bond acceptors (Lipinski definition) is 4. The minimum Gasteiger partial charge on any atom is -0.398 e. The number of carbonyl (C=O) groups is 1. The Morgan fingerprint density at radius 2 is 2.17 bits per heavy atom. The minimum atomic E-state index is -2.70. The smallest absolute Gasteiger partial charge is 0.270 e. The maximum atomic E-state index is 12.8. The maximum absolute atomic E-state index is 12.8. The van der Waals surface area contributed by atoms with Crippen LogP contribution in [-0.4, -0.2) is 37.6 Å². The number of nitrogens with zero attached hydrogens (tertiary/aromatic N) is 3. The maximum Gasteiger partial charge on any atom is 0.270 e. The largest absolute Gasteiger partial charge is 0.398 e. The predicted molar refractivity (Wildman–Crippen MR) is 72.5 cm³/mol. The molecule has 0 aliphatic heterocycles. The molecule has 1 fully saturated rings. The third kappa shape index (κ3) is 2.94. The van der Waals surface area contributed by atoms with Crippen molar-refractivity contribution in [1.29, 1.82) is 0 Å². The van der Waals surface area contributed by atoms with Crippen molar-refractivity contribution in [3.05, 3.63) is 29.7 Å². The fourth-order valence-corrected chi connectivity index (χ4v) is 2.30. The van der Waals surface area contributed by atoms with Crippen molar-refractivity contribution in [3.8, 4) is 0 Å². The quantitative estimate of drug-likeness (QED) is 0.559. The molecule has 1 aliphatic rings. The molecule has 0 bridgehead atoms. The Morgan fingerprint density at radius 3 is 2.74 bits per heavy atom. The van der Waals surface area contributed by atoms with Gasteiger partial charge in [0.1, 0.15) is 5.69 Å². The van der Waals surface area contributed by atoms with E-state index in [1.54, 1.807) is 13.8 Å². The molecule has 2 N–H and O–H groups in total. The van der Waals surface area contributed by atoms with Crippen molar-refractivity contribution in [2.24, 2.45) is 0 Å². The van der Waals surface area contributed by atoms with E-state index in [1.165, 1.54) is 16.8 Å². The number of hydrogen-bond donors (Lipinski definition) is 2. The zero-order valence-electron chi connectivity index (χ0n) is 12.5. The summed E-state index contributed by atoms with van der Waals surface area (Å²) in [5.41, 5.74) is -0.539. The van der Waals surface area contributed by atoms with Crippen LogP contribution >= 0.6 is 0 Å². The van der Waals surface area contributed by atoms with Gasteiger partial charge in [0.25, 0.3) is 11.8 Å². The van der Waals surface area contributed by atoms with Gasteiger partial charge in [-0.05, 0) is 25.6 Å². The topological polar surface area (TPSA) is 79.5 Å². The van der Waals surface area contributed by atoms with Crippen LogP contribution in [0.2, 0.25) is 0 Å². The first-order valence-electron chi connectivity index (χ1n) is 6.84. The minimum absolute atomic E-state index is 0. The molecule has 9 heteroatoms. The number of aliphatic hydroxyl groups is 1. The normalized spacial score (nSPS) is 17.4. The molecule has 0 saturated heterocycles. The molecule has 0 unspecified atom stereocenters. The molecule has 0 atom stereocenters. The Kier molecular flexibility index (Phi) is 3.52. The van der Waals surface area contributed by atoms with E-state index in [0.29, 0.717) is 0 Å². The van der Waals surface area contributed by atoms with E-state index < -0.39 is 23.5 Å². The first-order valence-corrected chi connectivity index (χ1v) is 6.84. The van der Waals surface area contributed by atoms with Crippen molar-refractivity contribution in [1.82, 2.24) is 19.9 Å². The summed E-state index contributed by atoms with van der Waals surface area (Å²) in [5, 5.41) is 16.6. The van der Waals surface area contributed by atoms with Gasteiger partial charge < -0.3 is 16.5 Å². The molecule has 3 rings (SSSR count). The molecule has 2 heterocycles. The Labute approximate surface area is 125 Å². The van der Waals surface area contributed by atoms with Gasteiger partial charge in [0, 0.05) is 25.1 Å². The van der Waals surface area contributed by atoms with Crippen LogP contribution in [0.3, 0.4) is 0 Å². The van der Waals surface area contributed by atoms with Gasteiger partial charge in [0.2, 0.25) is 0 Å². The summed E-state index contributed by atoms with van der Waals surface area (Å²) in [6.07, 6.45) is 0.701. The number of amides is 1. The van der Waals surface area contributed by atoms with E-state index in [9.17, 15) is 18.7 Å². The van der Waals surface area contributed by atoms with Crippen molar-refractivity contribution in [3.63, 3.8) is 0 Å². The molecule has 1 amide bonds. The fraction of sp³-hybridized carbons (Fsp3) is 0.500. The number of rotatable bonds is 3. The van der Waals surface area contributed by atoms with Crippen molar-refractivity contribution >= 4 is 11.6 Å². The van der Waals surface area contributed by atoms with Gasteiger partial charge >= 0.3 is 0 Å². The van der Waals surface area contributed by atoms with Gasteiger partial charge in [0.05, 0.1) is 5.60 Å². The van der Waals surface area contributed by atoms with Crippen LogP contribution in [0.25, 0.3) is 5.65 Å². The molecule has 0 aromatic carbocycles.